The molecule has 0 saturated carbocycles. The number of carboxylic acid groups (broad SMARTS) is 1. The number of carboxylic acids is 1. The van der Waals surface area contributed by atoms with Crippen molar-refractivity contribution in [1.82, 2.24) is 15.2 Å². The van der Waals surface area contributed by atoms with Gasteiger partial charge in [-0.15, -0.1) is 16.4 Å². The fourth-order valence-corrected chi connectivity index (χ4v) is 1.69. The Kier molecular flexibility index (Phi) is 3.06. The summed E-state index contributed by atoms with van der Waals surface area (Å²) in [6, 6.07) is 1.40. The van der Waals surface area contributed by atoms with Gasteiger partial charge in [-0.3, -0.25) is 0 Å². The van der Waals surface area contributed by atoms with Crippen LogP contribution >= 0.6 is 11.3 Å². The molecular weight excluding hydrogens is 228 g/mol. The molecular formula is C9H8N4O2S. The molecule has 0 fully saturated rings. The van der Waals surface area contributed by atoms with Crippen molar-refractivity contribution in [2.45, 2.75) is 6.54 Å². The van der Waals surface area contributed by atoms with Crippen LogP contribution in [-0.4, -0.2) is 26.3 Å². The SMILES string of the molecule is O=C(O)c1ccnnc1NCc1nccs1. The van der Waals surface area contributed by atoms with E-state index in [1.54, 1.807) is 6.20 Å². The zero-order valence-electron chi connectivity index (χ0n) is 8.12. The maximum atomic E-state index is 10.9. The minimum Gasteiger partial charge on any atom is -0.478 e. The Morgan fingerprint density at radius 1 is 1.50 bits per heavy atom. The Hall–Kier alpha value is -2.02. The topological polar surface area (TPSA) is 88.0 Å². The second-order valence-corrected chi connectivity index (χ2v) is 3.86. The van der Waals surface area contributed by atoms with Crippen molar-refractivity contribution < 1.29 is 9.90 Å². The van der Waals surface area contributed by atoms with Crippen LogP contribution in [0.1, 0.15) is 15.4 Å². The Balaban J connectivity index is 2.12. The molecule has 0 saturated heterocycles. The van der Waals surface area contributed by atoms with Gasteiger partial charge in [0.1, 0.15) is 10.6 Å². The van der Waals surface area contributed by atoms with Crippen molar-refractivity contribution >= 4 is 23.1 Å². The van der Waals surface area contributed by atoms with E-state index in [4.69, 9.17) is 5.11 Å². The summed E-state index contributed by atoms with van der Waals surface area (Å²) >= 11 is 1.49. The minimum atomic E-state index is -1.03. The van der Waals surface area contributed by atoms with Gasteiger partial charge in [-0.1, -0.05) is 0 Å². The van der Waals surface area contributed by atoms with Crippen molar-refractivity contribution in [3.8, 4) is 0 Å². The molecule has 0 radical (unpaired) electrons. The maximum absolute atomic E-state index is 10.9. The van der Waals surface area contributed by atoms with Crippen molar-refractivity contribution in [2.24, 2.45) is 0 Å². The summed E-state index contributed by atoms with van der Waals surface area (Å²) in [6.45, 7) is 0.441. The van der Waals surface area contributed by atoms with Crippen LogP contribution in [0.2, 0.25) is 0 Å². The van der Waals surface area contributed by atoms with E-state index in [2.05, 4.69) is 20.5 Å². The minimum absolute atomic E-state index is 0.103. The first-order valence-corrected chi connectivity index (χ1v) is 5.32. The smallest absolute Gasteiger partial charge is 0.339 e. The number of anilines is 1. The van der Waals surface area contributed by atoms with E-state index in [0.29, 0.717) is 6.54 Å². The van der Waals surface area contributed by atoms with Gasteiger partial charge in [0.25, 0.3) is 0 Å². The molecule has 7 heteroatoms. The second-order valence-electron chi connectivity index (χ2n) is 2.88. The fourth-order valence-electron chi connectivity index (χ4n) is 1.13. The van der Waals surface area contributed by atoms with Crippen LogP contribution in [-0.2, 0) is 6.54 Å². The normalized spacial score (nSPS) is 10.0. The number of hydrogen-bond acceptors (Lipinski definition) is 6. The molecule has 2 aromatic heterocycles. The summed E-state index contributed by atoms with van der Waals surface area (Å²) in [5.41, 5.74) is 0.103. The Morgan fingerprint density at radius 3 is 3.06 bits per heavy atom. The molecule has 82 valence electrons. The molecule has 0 amide bonds. The lowest BCUT2D eigenvalue weighted by Gasteiger charge is -2.04. The lowest BCUT2D eigenvalue weighted by Crippen LogP contribution is -2.08. The Morgan fingerprint density at radius 2 is 2.38 bits per heavy atom. The van der Waals surface area contributed by atoms with Crippen LogP contribution in [0.25, 0.3) is 0 Å². The van der Waals surface area contributed by atoms with Crippen LogP contribution in [0.3, 0.4) is 0 Å². The summed E-state index contributed by atoms with van der Waals surface area (Å²) in [4.78, 5) is 14.9. The Labute approximate surface area is 95.0 Å². The van der Waals surface area contributed by atoms with Crippen molar-refractivity contribution in [1.29, 1.82) is 0 Å². The molecule has 0 aliphatic rings. The van der Waals surface area contributed by atoms with Gasteiger partial charge in [-0.25, -0.2) is 9.78 Å². The molecule has 6 nitrogen and oxygen atoms in total. The predicted octanol–water partition coefficient (Wildman–Crippen LogP) is 1.24. The summed E-state index contributed by atoms with van der Waals surface area (Å²) in [5.74, 6) is -0.776. The third-order valence-corrected chi connectivity index (χ3v) is 2.62. The molecule has 0 atom stereocenters. The summed E-state index contributed by atoms with van der Waals surface area (Å²) in [6.07, 6.45) is 3.04. The average Bonchev–Trinajstić information content (AvgIpc) is 2.79. The number of aromatic nitrogens is 3. The van der Waals surface area contributed by atoms with E-state index >= 15 is 0 Å². The zero-order chi connectivity index (χ0) is 11.4. The van der Waals surface area contributed by atoms with E-state index in [-0.39, 0.29) is 11.4 Å². The molecule has 16 heavy (non-hydrogen) atoms. The highest BCUT2D eigenvalue weighted by Gasteiger charge is 2.10. The number of nitrogens with one attached hydrogen (secondary N) is 1. The number of nitrogens with zero attached hydrogens (tertiary/aromatic N) is 3. The lowest BCUT2D eigenvalue weighted by atomic mass is 10.3. The monoisotopic (exact) mass is 236 g/mol. The van der Waals surface area contributed by atoms with Crippen LogP contribution in [0, 0.1) is 0 Å². The average molecular weight is 236 g/mol. The molecule has 2 rings (SSSR count). The van der Waals surface area contributed by atoms with Gasteiger partial charge < -0.3 is 10.4 Å². The molecule has 0 unspecified atom stereocenters. The van der Waals surface area contributed by atoms with E-state index in [9.17, 15) is 4.79 Å². The van der Waals surface area contributed by atoms with E-state index in [0.717, 1.165) is 5.01 Å². The number of hydrogen-bond donors (Lipinski definition) is 2. The summed E-state index contributed by atoms with van der Waals surface area (Å²) in [5, 5.41) is 21.9. The number of thiazole rings is 1. The van der Waals surface area contributed by atoms with Crippen LogP contribution in [0.4, 0.5) is 5.82 Å². The largest absolute Gasteiger partial charge is 0.478 e. The van der Waals surface area contributed by atoms with Gasteiger partial charge in [0, 0.05) is 11.6 Å². The fraction of sp³-hybridized carbons (Fsp3) is 0.111. The lowest BCUT2D eigenvalue weighted by molar-refractivity contribution is 0.0697. The quantitative estimate of drug-likeness (QED) is 0.830. The molecule has 2 N–H and O–H groups in total. The number of aromatic carboxylic acids is 1. The first-order valence-electron chi connectivity index (χ1n) is 4.44. The van der Waals surface area contributed by atoms with E-state index in [1.807, 2.05) is 5.38 Å². The second kappa shape index (κ2) is 4.67. The molecule has 2 aromatic rings. The predicted molar refractivity (Wildman–Crippen MR) is 58.4 cm³/mol. The van der Waals surface area contributed by atoms with Gasteiger partial charge in [-0.2, -0.15) is 5.10 Å². The third-order valence-electron chi connectivity index (χ3n) is 1.84. The first kappa shape index (κ1) is 10.5. The van der Waals surface area contributed by atoms with Crippen molar-refractivity contribution in [3.63, 3.8) is 0 Å². The van der Waals surface area contributed by atoms with Crippen molar-refractivity contribution in [3.05, 3.63) is 34.4 Å². The zero-order valence-corrected chi connectivity index (χ0v) is 8.94. The van der Waals surface area contributed by atoms with E-state index in [1.165, 1.54) is 23.6 Å². The Bertz CT molecular complexity index is 486. The third kappa shape index (κ3) is 2.31. The highest BCUT2D eigenvalue weighted by atomic mass is 32.1. The first-order chi connectivity index (χ1) is 7.77. The molecule has 2 heterocycles. The molecule has 0 aromatic carbocycles. The summed E-state index contributed by atoms with van der Waals surface area (Å²) < 4.78 is 0. The molecule has 0 bridgehead atoms. The van der Waals surface area contributed by atoms with Gasteiger partial charge in [0.15, 0.2) is 5.82 Å². The van der Waals surface area contributed by atoms with Gasteiger partial charge in [-0.05, 0) is 6.07 Å². The van der Waals surface area contributed by atoms with Crippen LogP contribution < -0.4 is 5.32 Å². The van der Waals surface area contributed by atoms with Gasteiger partial charge in [0.05, 0.1) is 12.7 Å². The van der Waals surface area contributed by atoms with Crippen LogP contribution in [0.5, 0.6) is 0 Å². The maximum Gasteiger partial charge on any atom is 0.339 e. The van der Waals surface area contributed by atoms with Gasteiger partial charge in [0.2, 0.25) is 0 Å². The molecule has 0 aliphatic heterocycles. The summed E-state index contributed by atoms with van der Waals surface area (Å²) in [7, 11) is 0. The molecule has 0 spiro atoms. The highest BCUT2D eigenvalue weighted by Crippen LogP contribution is 2.12. The van der Waals surface area contributed by atoms with Crippen molar-refractivity contribution in [2.75, 3.05) is 5.32 Å². The van der Waals surface area contributed by atoms with E-state index < -0.39 is 5.97 Å². The number of carbonyl (C=O) groups is 1. The highest BCUT2D eigenvalue weighted by molar-refractivity contribution is 7.09. The number of rotatable bonds is 4. The standard InChI is InChI=1S/C9H8N4O2S/c14-9(15)6-1-2-12-13-8(6)11-5-7-10-3-4-16-7/h1-4H,5H2,(H,11,13)(H,14,15). The molecule has 0 aliphatic carbocycles. The van der Waals surface area contributed by atoms with Crippen LogP contribution in [0.15, 0.2) is 23.8 Å². The van der Waals surface area contributed by atoms with Gasteiger partial charge >= 0.3 is 5.97 Å².